The SMILES string of the molecule is N#Cc1c2n(c(=O)n(CC(O)COCc3ccccc3F)c1=O)CCC2. The van der Waals surface area contributed by atoms with Crippen LogP contribution in [0.25, 0.3) is 0 Å². The number of rotatable bonds is 6. The van der Waals surface area contributed by atoms with Crippen LogP contribution in [-0.4, -0.2) is 27.0 Å². The van der Waals surface area contributed by atoms with Crippen LogP contribution in [0.5, 0.6) is 0 Å². The van der Waals surface area contributed by atoms with Crippen molar-refractivity contribution in [1.29, 1.82) is 5.26 Å². The Kier molecular flexibility index (Phi) is 5.30. The van der Waals surface area contributed by atoms with Gasteiger partial charge in [-0.25, -0.2) is 9.18 Å². The first kappa shape index (κ1) is 18.0. The van der Waals surface area contributed by atoms with Crippen LogP contribution >= 0.6 is 0 Å². The van der Waals surface area contributed by atoms with Crippen molar-refractivity contribution in [3.63, 3.8) is 0 Å². The second kappa shape index (κ2) is 7.64. The number of ether oxygens (including phenoxy) is 1. The van der Waals surface area contributed by atoms with Crippen molar-refractivity contribution in [3.05, 3.63) is 67.7 Å². The number of aliphatic hydroxyl groups is 1. The fourth-order valence-electron chi connectivity index (χ4n) is 3.09. The van der Waals surface area contributed by atoms with E-state index in [1.165, 1.54) is 10.6 Å². The number of benzene rings is 1. The summed E-state index contributed by atoms with van der Waals surface area (Å²) in [5.74, 6) is -0.409. The molecule has 26 heavy (non-hydrogen) atoms. The lowest BCUT2D eigenvalue weighted by Crippen LogP contribution is -2.44. The summed E-state index contributed by atoms with van der Waals surface area (Å²) in [6, 6.07) is 7.97. The minimum Gasteiger partial charge on any atom is -0.389 e. The Balaban J connectivity index is 1.71. The molecule has 0 radical (unpaired) electrons. The van der Waals surface area contributed by atoms with Crippen LogP contribution in [0.2, 0.25) is 0 Å². The van der Waals surface area contributed by atoms with Gasteiger partial charge in [-0.1, -0.05) is 18.2 Å². The van der Waals surface area contributed by atoms with E-state index in [9.17, 15) is 24.3 Å². The maximum Gasteiger partial charge on any atom is 0.331 e. The highest BCUT2D eigenvalue weighted by atomic mass is 19.1. The van der Waals surface area contributed by atoms with E-state index in [4.69, 9.17) is 4.74 Å². The third-order valence-electron chi connectivity index (χ3n) is 4.36. The number of fused-ring (bicyclic) bond motifs is 1. The van der Waals surface area contributed by atoms with Crippen LogP contribution in [0.3, 0.4) is 0 Å². The molecule has 0 fully saturated rings. The fourth-order valence-corrected chi connectivity index (χ4v) is 3.09. The molecule has 136 valence electrons. The molecular formula is C18H18FN3O4. The summed E-state index contributed by atoms with van der Waals surface area (Å²) in [4.78, 5) is 24.8. The second-order valence-corrected chi connectivity index (χ2v) is 6.15. The van der Waals surface area contributed by atoms with Crippen LogP contribution in [0.15, 0.2) is 33.9 Å². The van der Waals surface area contributed by atoms with Crippen LogP contribution in [0.4, 0.5) is 4.39 Å². The first-order valence-electron chi connectivity index (χ1n) is 8.28. The molecule has 0 bridgehead atoms. The molecule has 1 aliphatic rings. The van der Waals surface area contributed by atoms with Gasteiger partial charge in [0.15, 0.2) is 0 Å². The van der Waals surface area contributed by atoms with Gasteiger partial charge in [-0.15, -0.1) is 0 Å². The lowest BCUT2D eigenvalue weighted by molar-refractivity contribution is 0.0182. The van der Waals surface area contributed by atoms with Gasteiger partial charge in [-0.05, 0) is 18.9 Å². The molecule has 0 amide bonds. The molecule has 0 spiro atoms. The predicted octanol–water partition coefficient (Wildman–Crippen LogP) is 0.545. The molecular weight excluding hydrogens is 341 g/mol. The Hall–Kier alpha value is -2.76. The largest absolute Gasteiger partial charge is 0.389 e. The normalized spacial score (nSPS) is 14.0. The third-order valence-corrected chi connectivity index (χ3v) is 4.36. The van der Waals surface area contributed by atoms with Crippen LogP contribution in [0, 0.1) is 17.1 Å². The van der Waals surface area contributed by atoms with Crippen molar-refractivity contribution in [3.8, 4) is 6.07 Å². The maximum absolute atomic E-state index is 13.5. The summed E-state index contributed by atoms with van der Waals surface area (Å²) >= 11 is 0. The van der Waals surface area contributed by atoms with Crippen LogP contribution in [0.1, 0.15) is 23.2 Å². The average molecular weight is 359 g/mol. The monoisotopic (exact) mass is 359 g/mol. The first-order chi connectivity index (χ1) is 12.5. The minimum absolute atomic E-state index is 0.0365. The fraction of sp³-hybridized carbons (Fsp3) is 0.389. The highest BCUT2D eigenvalue weighted by Gasteiger charge is 2.23. The molecule has 1 N–H and O–H groups in total. The van der Waals surface area contributed by atoms with Gasteiger partial charge in [0.1, 0.15) is 17.4 Å². The number of halogens is 1. The Labute approximate surface area is 148 Å². The summed E-state index contributed by atoms with van der Waals surface area (Å²) in [5.41, 5.74) is -0.472. The van der Waals surface area contributed by atoms with Crippen LogP contribution < -0.4 is 11.2 Å². The second-order valence-electron chi connectivity index (χ2n) is 6.15. The quantitative estimate of drug-likeness (QED) is 0.812. The van der Waals surface area contributed by atoms with Crippen molar-refractivity contribution in [1.82, 2.24) is 9.13 Å². The Morgan fingerprint density at radius 2 is 2.12 bits per heavy atom. The first-order valence-corrected chi connectivity index (χ1v) is 8.28. The zero-order chi connectivity index (χ0) is 18.7. The van der Waals surface area contributed by atoms with E-state index in [-0.39, 0.29) is 25.3 Å². The minimum atomic E-state index is -1.14. The van der Waals surface area contributed by atoms with Gasteiger partial charge >= 0.3 is 5.69 Å². The number of hydrogen-bond donors (Lipinski definition) is 1. The third kappa shape index (κ3) is 3.45. The number of nitriles is 1. The molecule has 0 saturated heterocycles. The predicted molar refractivity (Wildman–Crippen MR) is 90.1 cm³/mol. The highest BCUT2D eigenvalue weighted by molar-refractivity contribution is 5.32. The van der Waals surface area contributed by atoms with Crippen molar-refractivity contribution in [2.75, 3.05) is 6.61 Å². The van der Waals surface area contributed by atoms with E-state index in [1.807, 2.05) is 6.07 Å². The molecule has 0 aliphatic carbocycles. The standard InChI is InChI=1S/C18H18FN3O4/c19-15-5-2-1-4-12(15)10-26-11-13(23)9-22-17(24)14(8-20)16-6-3-7-21(16)18(22)25/h1-2,4-5,13,23H,3,6-7,9-11H2. The van der Waals surface area contributed by atoms with Gasteiger partial charge in [-0.2, -0.15) is 5.26 Å². The van der Waals surface area contributed by atoms with E-state index in [0.29, 0.717) is 30.6 Å². The van der Waals surface area contributed by atoms with E-state index in [2.05, 4.69) is 0 Å². The van der Waals surface area contributed by atoms with E-state index >= 15 is 0 Å². The molecule has 0 saturated carbocycles. The summed E-state index contributed by atoms with van der Waals surface area (Å²) in [7, 11) is 0. The van der Waals surface area contributed by atoms with Crippen molar-refractivity contribution < 1.29 is 14.2 Å². The number of aliphatic hydroxyl groups excluding tert-OH is 1. The molecule has 1 aliphatic heterocycles. The van der Waals surface area contributed by atoms with E-state index < -0.39 is 23.2 Å². The van der Waals surface area contributed by atoms with Gasteiger partial charge in [0.05, 0.1) is 25.9 Å². The lowest BCUT2D eigenvalue weighted by atomic mass is 10.2. The highest BCUT2D eigenvalue weighted by Crippen LogP contribution is 2.13. The van der Waals surface area contributed by atoms with E-state index in [0.717, 1.165) is 4.57 Å². The molecule has 7 nitrogen and oxygen atoms in total. The smallest absolute Gasteiger partial charge is 0.331 e. The van der Waals surface area contributed by atoms with Crippen molar-refractivity contribution in [2.24, 2.45) is 0 Å². The molecule has 1 aromatic heterocycles. The summed E-state index contributed by atoms with van der Waals surface area (Å²) in [6.07, 6.45) is 0.0725. The molecule has 1 unspecified atom stereocenters. The molecule has 3 rings (SSSR count). The van der Waals surface area contributed by atoms with Crippen molar-refractivity contribution in [2.45, 2.75) is 38.6 Å². The number of hydrogen-bond acceptors (Lipinski definition) is 5. The Bertz CT molecular complexity index is 974. The summed E-state index contributed by atoms with van der Waals surface area (Å²) in [6.45, 7) is -0.0536. The zero-order valence-electron chi connectivity index (χ0n) is 14.0. The molecule has 8 heteroatoms. The van der Waals surface area contributed by atoms with E-state index in [1.54, 1.807) is 18.2 Å². The van der Waals surface area contributed by atoms with Gasteiger partial charge in [0, 0.05) is 17.8 Å². The maximum atomic E-state index is 13.5. The van der Waals surface area contributed by atoms with Gasteiger partial charge in [0.2, 0.25) is 0 Å². The Morgan fingerprint density at radius 1 is 1.35 bits per heavy atom. The van der Waals surface area contributed by atoms with Gasteiger partial charge < -0.3 is 9.84 Å². The van der Waals surface area contributed by atoms with Gasteiger partial charge in [-0.3, -0.25) is 13.9 Å². The average Bonchev–Trinajstić information content (AvgIpc) is 3.10. The van der Waals surface area contributed by atoms with Gasteiger partial charge in [0.25, 0.3) is 5.56 Å². The topological polar surface area (TPSA) is 97.2 Å². The molecule has 2 heterocycles. The summed E-state index contributed by atoms with van der Waals surface area (Å²) in [5, 5.41) is 19.3. The number of aromatic nitrogens is 2. The lowest BCUT2D eigenvalue weighted by Gasteiger charge is -2.15. The molecule has 2 aromatic rings. The zero-order valence-corrected chi connectivity index (χ0v) is 14.0. The Morgan fingerprint density at radius 3 is 2.85 bits per heavy atom. The van der Waals surface area contributed by atoms with Crippen molar-refractivity contribution >= 4 is 0 Å². The summed E-state index contributed by atoms with van der Waals surface area (Å²) < 4.78 is 21.1. The van der Waals surface area contributed by atoms with Crippen LogP contribution in [-0.2, 0) is 30.9 Å². The molecule has 1 atom stereocenters. The number of nitrogens with zero attached hydrogens (tertiary/aromatic N) is 3. The molecule has 1 aromatic carbocycles.